The molecule has 0 aliphatic rings. The van der Waals surface area contributed by atoms with Crippen LogP contribution in [0, 0.1) is 0 Å². The van der Waals surface area contributed by atoms with Gasteiger partial charge in [0, 0.05) is 22.1 Å². The summed E-state index contributed by atoms with van der Waals surface area (Å²) in [5.41, 5.74) is 0. The zero-order valence-corrected chi connectivity index (χ0v) is 35.1. The van der Waals surface area contributed by atoms with E-state index < -0.39 is 22.1 Å². The molecule has 0 radical (unpaired) electrons. The normalized spacial score (nSPS) is 11.7. The molecule has 0 fully saturated rings. The van der Waals surface area contributed by atoms with Crippen LogP contribution in [0.5, 0.6) is 0 Å². The van der Waals surface area contributed by atoms with Crippen molar-refractivity contribution in [2.45, 2.75) is 196 Å². The molecule has 0 N–H and O–H groups in total. The molecule has 282 valence electrons. The molecule has 0 rings (SSSR count). The van der Waals surface area contributed by atoms with Crippen molar-refractivity contribution < 1.29 is 45.2 Å². The maximum absolute atomic E-state index is 11.6. The van der Waals surface area contributed by atoms with Crippen LogP contribution in [-0.2, 0) is 30.5 Å². The molecule has 0 aromatic heterocycles. The minimum Gasteiger partial charge on any atom is -0.799 e. The van der Waals surface area contributed by atoms with E-state index in [9.17, 15) is 28.4 Å². The first-order chi connectivity index (χ1) is 21.4. The molecular weight excluding hydrogens is 680 g/mol. The van der Waals surface area contributed by atoms with Crippen molar-refractivity contribution >= 4 is 22.1 Å². The van der Waals surface area contributed by atoms with Crippen LogP contribution in [0.3, 0.4) is 0 Å². The minimum atomic E-state index is -3.02. The predicted molar refractivity (Wildman–Crippen MR) is 197 cm³/mol. The molecule has 0 spiro atoms. The summed E-state index contributed by atoms with van der Waals surface area (Å²) in [5, 5.41) is 0. The van der Waals surface area contributed by atoms with Crippen LogP contribution in [0.2, 0.25) is 0 Å². The van der Waals surface area contributed by atoms with Crippen LogP contribution in [-0.4, -0.2) is 37.0 Å². The fourth-order valence-corrected chi connectivity index (χ4v) is 9.92. The van der Waals surface area contributed by atoms with Crippen molar-refractivity contribution in [3.8, 4) is 0 Å². The number of hydrogen-bond acceptors (Lipinski definition) is 6. The number of hydrogen-bond donors (Lipinski definition) is 0. The Hall–Kier alpha value is 1.08. The molecule has 6 nitrogen and oxygen atoms in total. The summed E-state index contributed by atoms with van der Waals surface area (Å²) in [6, 6.07) is 0. The molecule has 0 bridgehead atoms. The van der Waals surface area contributed by atoms with Gasteiger partial charge in [-0.2, -0.15) is 0 Å². The molecule has 0 unspecified atom stereocenters. The third-order valence-corrected chi connectivity index (χ3v) is 14.1. The summed E-state index contributed by atoms with van der Waals surface area (Å²) in [5.74, 6) is 0. The maximum atomic E-state index is 11.6. The fraction of sp³-hybridized carbons (Fsp3) is 1.00. The van der Waals surface area contributed by atoms with Gasteiger partial charge in [-0.25, -0.2) is 0 Å². The van der Waals surface area contributed by atoms with Crippen LogP contribution < -0.4 is 14.7 Å². The first-order valence-corrected chi connectivity index (χ1v) is 25.2. The van der Waals surface area contributed by atoms with Crippen LogP contribution >= 0.6 is 22.1 Å². The second-order valence-corrected chi connectivity index (χ2v) is 20.7. The smallest absolute Gasteiger partial charge is 0.799 e. The first kappa shape index (κ1) is 53.9. The van der Waals surface area contributed by atoms with Crippen molar-refractivity contribution in [3.63, 3.8) is 0 Å². The van der Waals surface area contributed by atoms with E-state index in [0.29, 0.717) is 37.0 Å². The van der Waals surface area contributed by atoms with E-state index in [0.717, 1.165) is 116 Å². The van der Waals surface area contributed by atoms with E-state index >= 15 is 0 Å². The molecule has 0 saturated carbocycles. The Balaban J connectivity index is -0.000000285. The summed E-state index contributed by atoms with van der Waals surface area (Å²) in [6.45, 7) is 12.8. The SMILES string of the molecule is CCCCCCP(=O)([O-])CCCCCC.CCCCCCP(=O)([O-])CCCCCC.CCCCCCP(=O)([O-])CCCCCC.[Co+3]. The van der Waals surface area contributed by atoms with Gasteiger partial charge in [-0.1, -0.05) is 157 Å². The van der Waals surface area contributed by atoms with Gasteiger partial charge in [0.2, 0.25) is 0 Å². The average Bonchev–Trinajstić information content (AvgIpc) is 2.99. The zero-order chi connectivity index (χ0) is 34.7. The second kappa shape index (κ2) is 38.9. The van der Waals surface area contributed by atoms with E-state index in [1.54, 1.807) is 0 Å². The van der Waals surface area contributed by atoms with Gasteiger partial charge in [-0.15, -0.1) is 0 Å². The maximum Gasteiger partial charge on any atom is 3.00 e. The molecule has 0 aliphatic carbocycles. The van der Waals surface area contributed by atoms with Crippen molar-refractivity contribution in [2.75, 3.05) is 37.0 Å². The molecular formula is C36H78CoO6P3. The van der Waals surface area contributed by atoms with Gasteiger partial charge >= 0.3 is 16.8 Å². The summed E-state index contributed by atoms with van der Waals surface area (Å²) in [4.78, 5) is 34.8. The molecule has 0 heterocycles. The van der Waals surface area contributed by atoms with E-state index in [-0.39, 0.29) is 16.8 Å². The van der Waals surface area contributed by atoms with Crippen molar-refractivity contribution in [3.05, 3.63) is 0 Å². The molecule has 0 aromatic carbocycles. The Labute approximate surface area is 298 Å². The van der Waals surface area contributed by atoms with Crippen LogP contribution in [0.1, 0.15) is 196 Å². The number of rotatable bonds is 30. The summed E-state index contributed by atoms with van der Waals surface area (Å²) < 4.78 is 34.8. The van der Waals surface area contributed by atoms with E-state index in [2.05, 4.69) is 41.5 Å². The quantitative estimate of drug-likeness (QED) is 0.0531. The number of unbranched alkanes of at least 4 members (excludes halogenated alkanes) is 18. The van der Waals surface area contributed by atoms with Gasteiger partial charge < -0.3 is 28.4 Å². The van der Waals surface area contributed by atoms with E-state index in [4.69, 9.17) is 0 Å². The van der Waals surface area contributed by atoms with Crippen molar-refractivity contribution in [2.24, 2.45) is 0 Å². The Morgan fingerprint density at radius 3 is 0.522 bits per heavy atom. The van der Waals surface area contributed by atoms with Crippen molar-refractivity contribution in [1.29, 1.82) is 0 Å². The van der Waals surface area contributed by atoms with Crippen LogP contribution in [0.15, 0.2) is 0 Å². The largest absolute Gasteiger partial charge is 3.00 e. The molecule has 0 aromatic rings. The fourth-order valence-electron chi connectivity index (χ4n) is 5.01. The second-order valence-electron chi connectivity index (χ2n) is 13.1. The van der Waals surface area contributed by atoms with Crippen molar-refractivity contribution in [1.82, 2.24) is 0 Å². The molecule has 0 atom stereocenters. The van der Waals surface area contributed by atoms with Gasteiger partial charge in [0.25, 0.3) is 0 Å². The minimum absolute atomic E-state index is 0. The van der Waals surface area contributed by atoms with E-state index in [1.807, 2.05) is 0 Å². The monoisotopic (exact) mass is 758 g/mol. The molecule has 0 aliphatic heterocycles. The van der Waals surface area contributed by atoms with E-state index in [1.165, 1.54) is 38.5 Å². The third-order valence-electron chi connectivity index (χ3n) is 8.11. The topological polar surface area (TPSA) is 120 Å². The average molecular weight is 759 g/mol. The Morgan fingerprint density at radius 1 is 0.283 bits per heavy atom. The molecule has 0 amide bonds. The summed E-state index contributed by atoms with van der Waals surface area (Å²) in [6.07, 6.45) is 28.1. The molecule has 10 heteroatoms. The van der Waals surface area contributed by atoms with Gasteiger partial charge in [-0.05, 0) is 75.5 Å². The van der Waals surface area contributed by atoms with Gasteiger partial charge in [-0.3, -0.25) is 0 Å². The van der Waals surface area contributed by atoms with Gasteiger partial charge in [0.15, 0.2) is 0 Å². The van der Waals surface area contributed by atoms with Gasteiger partial charge in [0.05, 0.1) is 0 Å². The van der Waals surface area contributed by atoms with Crippen LogP contribution in [0.4, 0.5) is 0 Å². The van der Waals surface area contributed by atoms with Gasteiger partial charge in [0.1, 0.15) is 0 Å². The zero-order valence-electron chi connectivity index (χ0n) is 31.3. The summed E-state index contributed by atoms with van der Waals surface area (Å²) >= 11 is 0. The van der Waals surface area contributed by atoms with Crippen LogP contribution in [0.25, 0.3) is 0 Å². The Bertz CT molecular complexity index is 595. The standard InChI is InChI=1S/3C12H27O2P.Co/c3*1-3-5-7-9-11-15(13,14)12-10-8-6-4-2;/h3*3-12H2,1-2H3,(H,13,14);/q;;;+3/p-3. The predicted octanol–water partition coefficient (Wildman–Crippen LogP) is 11.4. The molecule has 0 saturated heterocycles. The third kappa shape index (κ3) is 47.2. The summed E-state index contributed by atoms with van der Waals surface area (Å²) in [7, 11) is -9.07. The Kier molecular flexibility index (Phi) is 45.5. The first-order valence-electron chi connectivity index (χ1n) is 19.2. The molecule has 46 heavy (non-hydrogen) atoms. The Morgan fingerprint density at radius 2 is 0.413 bits per heavy atom.